The van der Waals surface area contributed by atoms with Crippen molar-refractivity contribution < 1.29 is 14.3 Å². The number of halogens is 1. The lowest BCUT2D eigenvalue weighted by Gasteiger charge is -2.13. The van der Waals surface area contributed by atoms with Crippen LogP contribution in [-0.2, 0) is 17.9 Å². The molecule has 7 heteroatoms. The Morgan fingerprint density at radius 3 is 2.56 bits per heavy atom. The van der Waals surface area contributed by atoms with Crippen molar-refractivity contribution in [3.63, 3.8) is 0 Å². The highest BCUT2D eigenvalue weighted by molar-refractivity contribution is 8.18. The largest absolute Gasteiger partial charge is 0.493 e. The monoisotopic (exact) mass is 516 g/mol. The van der Waals surface area contributed by atoms with Crippen LogP contribution in [0.5, 0.6) is 5.75 Å². The van der Waals surface area contributed by atoms with E-state index in [0.717, 1.165) is 58.1 Å². The number of thioether (sulfide) groups is 1. The number of carbonyl (C=O) groups excluding carboxylic acids is 2. The third-order valence-corrected chi connectivity index (χ3v) is 7.44. The van der Waals surface area contributed by atoms with E-state index in [1.165, 1.54) is 4.90 Å². The third-order valence-electron chi connectivity index (χ3n) is 6.16. The van der Waals surface area contributed by atoms with Crippen molar-refractivity contribution in [3.05, 3.63) is 106 Å². The van der Waals surface area contributed by atoms with Gasteiger partial charge in [0.25, 0.3) is 11.1 Å². The standard InChI is InChI=1S/C29H25ClN2O3S/c1-20-9-2-7-14-26(20)35-16-8-15-31-18-22(23-11-4-6-13-25(23)31)17-27-28(33)32(29(34)36-27)19-21-10-3-5-12-24(21)30/h2-7,9-14,17-18H,8,15-16,19H2,1H3/b27-17-. The van der Waals surface area contributed by atoms with Crippen LogP contribution in [0.25, 0.3) is 17.0 Å². The molecule has 0 saturated carbocycles. The van der Waals surface area contributed by atoms with E-state index < -0.39 is 0 Å². The predicted molar refractivity (Wildman–Crippen MR) is 146 cm³/mol. The van der Waals surface area contributed by atoms with E-state index in [4.69, 9.17) is 16.3 Å². The molecule has 5 rings (SSSR count). The van der Waals surface area contributed by atoms with Crippen molar-refractivity contribution in [1.29, 1.82) is 0 Å². The molecule has 0 unspecified atom stereocenters. The minimum absolute atomic E-state index is 0.157. The van der Waals surface area contributed by atoms with Gasteiger partial charge in [-0.3, -0.25) is 14.5 Å². The van der Waals surface area contributed by atoms with Crippen LogP contribution in [0.1, 0.15) is 23.1 Å². The number of ether oxygens (including phenoxy) is 1. The Morgan fingerprint density at radius 1 is 0.972 bits per heavy atom. The van der Waals surface area contributed by atoms with Crippen molar-refractivity contribution in [3.8, 4) is 5.75 Å². The molecular formula is C29H25ClN2O3S. The number of hydrogen-bond acceptors (Lipinski definition) is 4. The van der Waals surface area contributed by atoms with E-state index in [2.05, 4.69) is 10.6 Å². The topological polar surface area (TPSA) is 51.5 Å². The highest BCUT2D eigenvalue weighted by atomic mass is 35.5. The number of rotatable bonds is 8. The molecule has 182 valence electrons. The second kappa shape index (κ2) is 10.6. The number of fused-ring (bicyclic) bond motifs is 1. The van der Waals surface area contributed by atoms with Gasteiger partial charge < -0.3 is 9.30 Å². The van der Waals surface area contributed by atoms with Crippen LogP contribution in [-0.4, -0.2) is 27.2 Å². The van der Waals surface area contributed by atoms with Crippen LogP contribution in [0, 0.1) is 6.92 Å². The van der Waals surface area contributed by atoms with Gasteiger partial charge in [0, 0.05) is 34.2 Å². The molecule has 0 radical (unpaired) electrons. The van der Waals surface area contributed by atoms with E-state index in [1.54, 1.807) is 6.07 Å². The number of hydrogen-bond donors (Lipinski definition) is 0. The van der Waals surface area contributed by atoms with Gasteiger partial charge in [0.15, 0.2) is 0 Å². The summed E-state index contributed by atoms with van der Waals surface area (Å²) in [5.74, 6) is 0.608. The van der Waals surface area contributed by atoms with E-state index in [1.807, 2.05) is 79.9 Å². The van der Waals surface area contributed by atoms with Gasteiger partial charge in [-0.2, -0.15) is 0 Å². The number of carbonyl (C=O) groups is 2. The minimum atomic E-state index is -0.298. The van der Waals surface area contributed by atoms with Gasteiger partial charge in [-0.25, -0.2) is 0 Å². The summed E-state index contributed by atoms with van der Waals surface area (Å²) in [4.78, 5) is 27.4. The number of benzene rings is 3. The Bertz CT molecular complexity index is 1480. The Balaban J connectivity index is 1.33. The van der Waals surface area contributed by atoms with Crippen molar-refractivity contribution in [2.45, 2.75) is 26.4 Å². The summed E-state index contributed by atoms with van der Waals surface area (Å²) in [6, 6.07) is 23.3. The number of nitrogens with zero attached hydrogens (tertiary/aromatic N) is 2. The fraction of sp³-hybridized carbons (Fsp3) is 0.172. The highest BCUT2D eigenvalue weighted by Crippen LogP contribution is 2.35. The second-order valence-electron chi connectivity index (χ2n) is 8.62. The molecule has 4 aromatic rings. The van der Waals surface area contributed by atoms with Crippen LogP contribution in [0.3, 0.4) is 0 Å². The van der Waals surface area contributed by atoms with Crippen molar-refractivity contribution in [1.82, 2.24) is 9.47 Å². The molecule has 2 amide bonds. The van der Waals surface area contributed by atoms with E-state index in [0.29, 0.717) is 16.5 Å². The smallest absolute Gasteiger partial charge is 0.293 e. The average Bonchev–Trinajstić information content (AvgIpc) is 3.36. The zero-order valence-electron chi connectivity index (χ0n) is 19.8. The molecule has 2 heterocycles. The molecule has 0 aliphatic carbocycles. The lowest BCUT2D eigenvalue weighted by atomic mass is 10.1. The molecular weight excluding hydrogens is 492 g/mol. The Morgan fingerprint density at radius 2 is 1.72 bits per heavy atom. The summed E-state index contributed by atoms with van der Waals surface area (Å²) in [7, 11) is 0. The number of aryl methyl sites for hydroxylation is 2. The first-order chi connectivity index (χ1) is 17.5. The summed E-state index contributed by atoms with van der Waals surface area (Å²) < 4.78 is 8.13. The van der Waals surface area contributed by atoms with Gasteiger partial charge in [0.05, 0.1) is 18.1 Å². The van der Waals surface area contributed by atoms with Gasteiger partial charge in [-0.05, 0) is 60.5 Å². The van der Waals surface area contributed by atoms with Crippen molar-refractivity contribution in [2.75, 3.05) is 6.61 Å². The predicted octanol–water partition coefficient (Wildman–Crippen LogP) is 7.31. The molecule has 0 N–H and O–H groups in total. The zero-order valence-corrected chi connectivity index (χ0v) is 21.4. The minimum Gasteiger partial charge on any atom is -0.493 e. The summed E-state index contributed by atoms with van der Waals surface area (Å²) in [5.41, 5.74) is 3.85. The van der Waals surface area contributed by atoms with Gasteiger partial charge in [-0.1, -0.05) is 66.2 Å². The summed E-state index contributed by atoms with van der Waals surface area (Å²) in [5, 5.41) is 1.29. The fourth-order valence-corrected chi connectivity index (χ4v) is 5.31. The molecule has 0 bridgehead atoms. The van der Waals surface area contributed by atoms with E-state index in [-0.39, 0.29) is 17.7 Å². The molecule has 1 aliphatic rings. The number of aromatic nitrogens is 1. The molecule has 1 aromatic heterocycles. The van der Waals surface area contributed by atoms with Gasteiger partial charge >= 0.3 is 0 Å². The van der Waals surface area contributed by atoms with Crippen LogP contribution >= 0.6 is 23.4 Å². The molecule has 0 atom stereocenters. The van der Waals surface area contributed by atoms with E-state index in [9.17, 15) is 9.59 Å². The molecule has 1 aliphatic heterocycles. The van der Waals surface area contributed by atoms with Gasteiger partial charge in [0.1, 0.15) is 5.75 Å². The Labute approximate surface area is 219 Å². The lowest BCUT2D eigenvalue weighted by molar-refractivity contribution is -0.123. The normalized spacial score (nSPS) is 14.8. The van der Waals surface area contributed by atoms with E-state index >= 15 is 0 Å². The molecule has 5 nitrogen and oxygen atoms in total. The first kappa shape index (κ1) is 24.2. The SMILES string of the molecule is Cc1ccccc1OCCCn1cc(/C=C2\SC(=O)N(Cc3ccccc3Cl)C2=O)c2ccccc21. The number of imide groups is 1. The van der Waals surface area contributed by atoms with Crippen LogP contribution in [0.2, 0.25) is 5.02 Å². The summed E-state index contributed by atoms with van der Waals surface area (Å²) in [6.45, 7) is 3.57. The van der Waals surface area contributed by atoms with Crippen molar-refractivity contribution in [2.24, 2.45) is 0 Å². The van der Waals surface area contributed by atoms with Crippen molar-refractivity contribution >= 4 is 51.5 Å². The average molecular weight is 517 g/mol. The van der Waals surface area contributed by atoms with Crippen LogP contribution in [0.4, 0.5) is 4.79 Å². The molecule has 36 heavy (non-hydrogen) atoms. The lowest BCUT2D eigenvalue weighted by Crippen LogP contribution is -2.27. The molecule has 3 aromatic carbocycles. The first-order valence-electron chi connectivity index (χ1n) is 11.8. The Kier molecular flexibility index (Phi) is 7.16. The summed E-state index contributed by atoms with van der Waals surface area (Å²) >= 11 is 7.21. The molecule has 1 saturated heterocycles. The van der Waals surface area contributed by atoms with Gasteiger partial charge in [-0.15, -0.1) is 0 Å². The second-order valence-corrected chi connectivity index (χ2v) is 10.0. The molecule has 0 spiro atoms. The maximum absolute atomic E-state index is 13.1. The summed E-state index contributed by atoms with van der Waals surface area (Å²) in [6.07, 6.45) is 4.70. The highest BCUT2D eigenvalue weighted by Gasteiger charge is 2.35. The maximum Gasteiger partial charge on any atom is 0.293 e. The zero-order chi connectivity index (χ0) is 25.1. The quantitative estimate of drug-likeness (QED) is 0.182. The maximum atomic E-state index is 13.1. The van der Waals surface area contributed by atoms with Crippen LogP contribution in [0.15, 0.2) is 83.9 Å². The van der Waals surface area contributed by atoms with Gasteiger partial charge in [0.2, 0.25) is 0 Å². The number of para-hydroxylation sites is 2. The first-order valence-corrected chi connectivity index (χ1v) is 13.0. The van der Waals surface area contributed by atoms with Crippen LogP contribution < -0.4 is 4.74 Å². The fourth-order valence-electron chi connectivity index (χ4n) is 4.29. The number of amides is 2. The Hall–Kier alpha value is -3.48. The molecule has 1 fully saturated rings. The third kappa shape index (κ3) is 5.06.